The van der Waals surface area contributed by atoms with Gasteiger partial charge in [-0.05, 0) is 24.1 Å². The number of halogens is 1. The average molecular weight is 298 g/mol. The lowest BCUT2D eigenvalue weighted by atomic mass is 9.83. The molecule has 0 atom stereocenters. The summed E-state index contributed by atoms with van der Waals surface area (Å²) in [5.41, 5.74) is -0.719. The zero-order valence-electron chi connectivity index (χ0n) is 11.8. The molecule has 1 aromatic rings. The van der Waals surface area contributed by atoms with Crippen molar-refractivity contribution < 1.29 is 14.6 Å². The number of hydrogen-bond donors (Lipinski definition) is 1. The van der Waals surface area contributed by atoms with Crippen molar-refractivity contribution >= 4 is 17.5 Å². The molecule has 0 spiro atoms. The van der Waals surface area contributed by atoms with E-state index in [0.717, 1.165) is 0 Å². The quantitative estimate of drug-likeness (QED) is 0.907. The molecule has 0 bridgehead atoms. The minimum atomic E-state index is -0.719. The zero-order chi connectivity index (χ0) is 14.8. The lowest BCUT2D eigenvalue weighted by Crippen LogP contribution is -2.66. The molecule has 1 amide bonds. The third kappa shape index (κ3) is 3.44. The van der Waals surface area contributed by atoms with Crippen LogP contribution in [0.15, 0.2) is 24.3 Å². The Kier molecular flexibility index (Phi) is 4.55. The number of aliphatic hydroxyl groups is 1. The molecule has 0 unspecified atom stereocenters. The molecule has 2 rings (SSSR count). The van der Waals surface area contributed by atoms with Crippen molar-refractivity contribution in [3.05, 3.63) is 29.3 Å². The van der Waals surface area contributed by atoms with Crippen LogP contribution in [0.4, 0.5) is 0 Å². The molecule has 1 aliphatic rings. The second-order valence-electron chi connectivity index (χ2n) is 5.56. The third-order valence-corrected chi connectivity index (χ3v) is 3.97. The summed E-state index contributed by atoms with van der Waals surface area (Å²) in [6.45, 7) is 5.07. The molecule has 0 radical (unpaired) electrons. The van der Waals surface area contributed by atoms with Gasteiger partial charge in [0.25, 0.3) is 0 Å². The summed E-state index contributed by atoms with van der Waals surface area (Å²) in [5, 5.41) is 10.7. The zero-order valence-corrected chi connectivity index (χ0v) is 12.6. The monoisotopic (exact) mass is 297 g/mol. The summed E-state index contributed by atoms with van der Waals surface area (Å²) in [5.74, 6) is 0.833. The van der Waals surface area contributed by atoms with Gasteiger partial charge in [-0.1, -0.05) is 31.5 Å². The Balaban J connectivity index is 1.72. The van der Waals surface area contributed by atoms with Gasteiger partial charge in [0.1, 0.15) is 11.4 Å². The lowest BCUT2D eigenvalue weighted by molar-refractivity contribution is -0.164. The van der Waals surface area contributed by atoms with Crippen molar-refractivity contribution in [3.63, 3.8) is 0 Å². The molecule has 0 saturated carbocycles. The number of carbonyl (C=O) groups excluding carboxylic acids is 1. The first-order valence-electron chi connectivity index (χ1n) is 6.79. The maximum absolute atomic E-state index is 11.9. The van der Waals surface area contributed by atoms with Gasteiger partial charge in [-0.25, -0.2) is 0 Å². The highest BCUT2D eigenvalue weighted by molar-refractivity contribution is 6.30. The molecule has 1 N–H and O–H groups in total. The van der Waals surface area contributed by atoms with Gasteiger partial charge in [-0.3, -0.25) is 4.79 Å². The van der Waals surface area contributed by atoms with Crippen LogP contribution in [0.3, 0.4) is 0 Å². The summed E-state index contributed by atoms with van der Waals surface area (Å²) in [7, 11) is 0. The third-order valence-electron chi connectivity index (χ3n) is 3.74. The van der Waals surface area contributed by atoms with Gasteiger partial charge in [-0.15, -0.1) is 0 Å². The van der Waals surface area contributed by atoms with Crippen molar-refractivity contribution in [2.75, 3.05) is 19.7 Å². The molecule has 110 valence electrons. The van der Waals surface area contributed by atoms with Gasteiger partial charge in [0.15, 0.2) is 0 Å². The largest absolute Gasteiger partial charge is 0.493 e. The number of ether oxygens (including phenoxy) is 1. The highest BCUT2D eigenvalue weighted by Gasteiger charge is 2.45. The SMILES string of the molecule is CC(C)C1(O)CN(C(=O)CCOc2cccc(Cl)c2)C1. The number of benzene rings is 1. The summed E-state index contributed by atoms with van der Waals surface area (Å²) in [4.78, 5) is 13.6. The van der Waals surface area contributed by atoms with E-state index in [9.17, 15) is 9.90 Å². The number of nitrogens with zero attached hydrogens (tertiary/aromatic N) is 1. The van der Waals surface area contributed by atoms with E-state index in [1.807, 2.05) is 13.8 Å². The number of β-amino-alcohol motifs (C(OH)–C–C–N with tert-alkyl or cyclic N) is 1. The predicted octanol–water partition coefficient (Wildman–Crippen LogP) is 2.34. The van der Waals surface area contributed by atoms with Gasteiger partial charge in [0.05, 0.1) is 26.1 Å². The first-order chi connectivity index (χ1) is 9.40. The number of hydrogen-bond acceptors (Lipinski definition) is 3. The van der Waals surface area contributed by atoms with Crippen molar-refractivity contribution in [3.8, 4) is 5.75 Å². The molecule has 1 aromatic carbocycles. The molecule has 4 nitrogen and oxygen atoms in total. The van der Waals surface area contributed by atoms with Crippen molar-refractivity contribution in [1.82, 2.24) is 4.90 Å². The molecule has 0 aromatic heterocycles. The normalized spacial score (nSPS) is 16.9. The second kappa shape index (κ2) is 6.02. The highest BCUT2D eigenvalue weighted by Crippen LogP contribution is 2.28. The average Bonchev–Trinajstić information content (AvgIpc) is 2.34. The Morgan fingerprint density at radius 3 is 2.80 bits per heavy atom. The molecular weight excluding hydrogens is 278 g/mol. The minimum Gasteiger partial charge on any atom is -0.493 e. The van der Waals surface area contributed by atoms with E-state index in [1.165, 1.54) is 0 Å². The molecular formula is C15H20ClNO3. The first kappa shape index (κ1) is 15.1. The van der Waals surface area contributed by atoms with E-state index in [1.54, 1.807) is 29.2 Å². The molecule has 1 heterocycles. The van der Waals surface area contributed by atoms with E-state index in [0.29, 0.717) is 36.9 Å². The molecule has 1 aliphatic heterocycles. The highest BCUT2D eigenvalue weighted by atomic mass is 35.5. The molecule has 20 heavy (non-hydrogen) atoms. The van der Waals surface area contributed by atoms with Crippen molar-refractivity contribution in [2.45, 2.75) is 25.9 Å². The minimum absolute atomic E-state index is 0.0114. The standard InChI is InChI=1S/C15H20ClNO3/c1-11(2)15(19)9-17(10-15)14(18)6-7-20-13-5-3-4-12(16)8-13/h3-5,8,11,19H,6-7,9-10H2,1-2H3. The Labute approximate surface area is 124 Å². The van der Waals surface area contributed by atoms with Crippen LogP contribution >= 0.6 is 11.6 Å². The Hall–Kier alpha value is -1.26. The fraction of sp³-hybridized carbons (Fsp3) is 0.533. The van der Waals surface area contributed by atoms with E-state index in [2.05, 4.69) is 0 Å². The lowest BCUT2D eigenvalue weighted by Gasteiger charge is -2.49. The summed E-state index contributed by atoms with van der Waals surface area (Å²) in [6, 6.07) is 7.09. The van der Waals surface area contributed by atoms with Gasteiger partial charge >= 0.3 is 0 Å². The molecule has 5 heteroatoms. The van der Waals surface area contributed by atoms with Crippen LogP contribution in [0, 0.1) is 5.92 Å². The van der Waals surface area contributed by atoms with E-state index in [4.69, 9.17) is 16.3 Å². The van der Waals surface area contributed by atoms with E-state index in [-0.39, 0.29) is 11.8 Å². The number of rotatable bonds is 5. The summed E-state index contributed by atoms with van der Waals surface area (Å²) < 4.78 is 5.48. The molecule has 1 saturated heterocycles. The number of amides is 1. The number of carbonyl (C=O) groups is 1. The van der Waals surface area contributed by atoms with Gasteiger partial charge in [0, 0.05) is 5.02 Å². The van der Waals surface area contributed by atoms with Crippen LogP contribution < -0.4 is 4.74 Å². The van der Waals surface area contributed by atoms with Crippen LogP contribution in [0.1, 0.15) is 20.3 Å². The van der Waals surface area contributed by atoms with Crippen LogP contribution in [-0.4, -0.2) is 41.2 Å². The molecule has 0 aliphatic carbocycles. The summed E-state index contributed by atoms with van der Waals surface area (Å²) in [6.07, 6.45) is 0.306. The topological polar surface area (TPSA) is 49.8 Å². The van der Waals surface area contributed by atoms with Gasteiger partial charge in [0.2, 0.25) is 5.91 Å². The van der Waals surface area contributed by atoms with Gasteiger partial charge in [-0.2, -0.15) is 0 Å². The Bertz CT molecular complexity index is 484. The van der Waals surface area contributed by atoms with Gasteiger partial charge < -0.3 is 14.7 Å². The smallest absolute Gasteiger partial charge is 0.226 e. The molecule has 1 fully saturated rings. The van der Waals surface area contributed by atoms with Crippen molar-refractivity contribution in [2.24, 2.45) is 5.92 Å². The Morgan fingerprint density at radius 1 is 1.50 bits per heavy atom. The van der Waals surface area contributed by atoms with Crippen LogP contribution in [0.25, 0.3) is 0 Å². The first-order valence-corrected chi connectivity index (χ1v) is 7.17. The Morgan fingerprint density at radius 2 is 2.20 bits per heavy atom. The predicted molar refractivity (Wildman–Crippen MR) is 77.9 cm³/mol. The number of likely N-dealkylation sites (tertiary alicyclic amines) is 1. The van der Waals surface area contributed by atoms with Crippen LogP contribution in [0.2, 0.25) is 5.02 Å². The van der Waals surface area contributed by atoms with E-state index >= 15 is 0 Å². The second-order valence-corrected chi connectivity index (χ2v) is 6.00. The fourth-order valence-electron chi connectivity index (χ4n) is 2.13. The fourth-order valence-corrected chi connectivity index (χ4v) is 2.31. The van der Waals surface area contributed by atoms with Crippen LogP contribution in [-0.2, 0) is 4.79 Å². The van der Waals surface area contributed by atoms with Crippen LogP contribution in [0.5, 0.6) is 5.75 Å². The maximum Gasteiger partial charge on any atom is 0.226 e. The van der Waals surface area contributed by atoms with Crippen molar-refractivity contribution in [1.29, 1.82) is 0 Å². The summed E-state index contributed by atoms with van der Waals surface area (Å²) >= 11 is 5.85. The maximum atomic E-state index is 11.9. The van der Waals surface area contributed by atoms with E-state index < -0.39 is 5.60 Å².